The van der Waals surface area contributed by atoms with Gasteiger partial charge in [-0.2, -0.15) is 0 Å². The fourth-order valence-corrected chi connectivity index (χ4v) is 4.66. The number of likely N-dealkylation sites (N-methyl/N-ethyl adjacent to an activating group) is 1. The van der Waals surface area contributed by atoms with E-state index in [9.17, 15) is 4.79 Å². The van der Waals surface area contributed by atoms with E-state index in [-0.39, 0.29) is 11.8 Å². The topological polar surface area (TPSA) is 38.8 Å². The molecule has 138 valence electrons. The van der Waals surface area contributed by atoms with Crippen molar-refractivity contribution in [3.63, 3.8) is 0 Å². The molecule has 5 nitrogen and oxygen atoms in total. The first kappa shape index (κ1) is 18.2. The van der Waals surface area contributed by atoms with Crippen molar-refractivity contribution in [2.45, 2.75) is 39.2 Å². The van der Waals surface area contributed by atoms with Gasteiger partial charge in [-0.15, -0.1) is 0 Å². The van der Waals surface area contributed by atoms with Crippen LogP contribution in [0.2, 0.25) is 0 Å². The van der Waals surface area contributed by atoms with Crippen LogP contribution in [0.15, 0.2) is 0 Å². The van der Waals surface area contributed by atoms with E-state index >= 15 is 0 Å². The smallest absolute Gasteiger partial charge is 0.222 e. The van der Waals surface area contributed by atoms with Crippen LogP contribution in [0.3, 0.4) is 0 Å². The minimum atomic E-state index is 0.102. The third kappa shape index (κ3) is 4.50. The number of carbonyl (C=O) groups excluding carboxylic acids is 1. The lowest BCUT2D eigenvalue weighted by Gasteiger charge is -2.32. The zero-order chi connectivity index (χ0) is 17.1. The van der Waals surface area contributed by atoms with Gasteiger partial charge in [-0.3, -0.25) is 4.79 Å². The number of nitrogens with one attached hydrogen (secondary N) is 1. The maximum Gasteiger partial charge on any atom is 0.222 e. The Kier molecular flexibility index (Phi) is 6.17. The van der Waals surface area contributed by atoms with E-state index in [0.29, 0.717) is 12.0 Å². The molecule has 3 aliphatic rings. The Morgan fingerprint density at radius 1 is 1.04 bits per heavy atom. The van der Waals surface area contributed by atoms with Crippen LogP contribution in [0.5, 0.6) is 0 Å². The summed E-state index contributed by atoms with van der Waals surface area (Å²) in [7, 11) is 2.22. The summed E-state index contributed by atoms with van der Waals surface area (Å²) in [5.74, 6) is 1.83. The zero-order valence-electron chi connectivity index (χ0n) is 15.8. The van der Waals surface area contributed by atoms with E-state index in [1.807, 2.05) is 13.8 Å². The van der Waals surface area contributed by atoms with Gasteiger partial charge in [0.15, 0.2) is 0 Å². The standard InChI is InChI=1S/C19H36N4O/c1-15(2)19(24)20-18-6-5-16-13-23(14-17(16)18)8-4-7-22-11-9-21(3)10-12-22/h15-18H,4-14H2,1-3H3,(H,20,24). The second-order valence-corrected chi connectivity index (χ2v) is 8.53. The first-order chi connectivity index (χ1) is 11.5. The third-order valence-electron chi connectivity index (χ3n) is 6.33. The third-order valence-corrected chi connectivity index (χ3v) is 6.33. The van der Waals surface area contributed by atoms with Gasteiger partial charge in [-0.25, -0.2) is 0 Å². The summed E-state index contributed by atoms with van der Waals surface area (Å²) in [5, 5.41) is 3.30. The molecule has 0 aromatic heterocycles. The van der Waals surface area contributed by atoms with Gasteiger partial charge in [0.25, 0.3) is 0 Å². The van der Waals surface area contributed by atoms with Gasteiger partial charge in [0.1, 0.15) is 0 Å². The lowest BCUT2D eigenvalue weighted by molar-refractivity contribution is -0.124. The van der Waals surface area contributed by atoms with E-state index < -0.39 is 0 Å². The Labute approximate surface area is 147 Å². The van der Waals surface area contributed by atoms with Crippen LogP contribution in [-0.4, -0.2) is 86.1 Å². The molecule has 2 aliphatic heterocycles. The predicted molar refractivity (Wildman–Crippen MR) is 98.0 cm³/mol. The monoisotopic (exact) mass is 336 g/mol. The summed E-state index contributed by atoms with van der Waals surface area (Å²) in [5.41, 5.74) is 0. The van der Waals surface area contributed by atoms with E-state index in [1.165, 1.54) is 71.6 Å². The summed E-state index contributed by atoms with van der Waals surface area (Å²) in [4.78, 5) is 19.7. The molecular weight excluding hydrogens is 300 g/mol. The highest BCUT2D eigenvalue weighted by molar-refractivity contribution is 5.78. The van der Waals surface area contributed by atoms with E-state index in [0.717, 1.165) is 5.92 Å². The zero-order valence-corrected chi connectivity index (χ0v) is 15.8. The highest BCUT2D eigenvalue weighted by atomic mass is 16.1. The number of fused-ring (bicyclic) bond motifs is 1. The molecule has 2 heterocycles. The Morgan fingerprint density at radius 3 is 2.46 bits per heavy atom. The minimum Gasteiger partial charge on any atom is -0.353 e. The number of likely N-dealkylation sites (tertiary alicyclic amines) is 1. The number of amides is 1. The molecule has 3 unspecified atom stereocenters. The molecule has 3 fully saturated rings. The Morgan fingerprint density at radius 2 is 1.75 bits per heavy atom. The van der Waals surface area contributed by atoms with Gasteiger partial charge in [-0.1, -0.05) is 13.8 Å². The van der Waals surface area contributed by atoms with Crippen LogP contribution < -0.4 is 5.32 Å². The van der Waals surface area contributed by atoms with Gasteiger partial charge in [0, 0.05) is 51.2 Å². The summed E-state index contributed by atoms with van der Waals surface area (Å²) in [6.07, 6.45) is 3.76. The first-order valence-electron chi connectivity index (χ1n) is 9.96. The molecule has 1 N–H and O–H groups in total. The SMILES string of the molecule is CC(C)C(=O)NC1CCC2CN(CCCN3CCN(C)CC3)CC21. The number of nitrogens with zero attached hydrogens (tertiary/aromatic N) is 3. The normalized spacial score (nSPS) is 32.4. The van der Waals surface area contributed by atoms with Gasteiger partial charge in [-0.05, 0) is 51.2 Å². The molecule has 2 saturated heterocycles. The van der Waals surface area contributed by atoms with Crippen molar-refractivity contribution in [2.24, 2.45) is 17.8 Å². The molecule has 5 heteroatoms. The number of carbonyl (C=O) groups is 1. The molecule has 1 saturated carbocycles. The molecule has 1 amide bonds. The maximum absolute atomic E-state index is 12.0. The molecular formula is C19H36N4O. The number of piperazine rings is 1. The van der Waals surface area contributed by atoms with Crippen LogP contribution in [0.4, 0.5) is 0 Å². The number of rotatable bonds is 6. The predicted octanol–water partition coefficient (Wildman–Crippen LogP) is 1.11. The van der Waals surface area contributed by atoms with E-state index in [4.69, 9.17) is 0 Å². The molecule has 0 radical (unpaired) electrons. The Balaban J connectivity index is 1.37. The largest absolute Gasteiger partial charge is 0.353 e. The van der Waals surface area contributed by atoms with Crippen molar-refractivity contribution < 1.29 is 4.79 Å². The van der Waals surface area contributed by atoms with Crippen LogP contribution in [0, 0.1) is 17.8 Å². The van der Waals surface area contributed by atoms with Crippen LogP contribution in [-0.2, 0) is 4.79 Å². The van der Waals surface area contributed by atoms with Crippen LogP contribution >= 0.6 is 0 Å². The molecule has 3 atom stereocenters. The van der Waals surface area contributed by atoms with Crippen molar-refractivity contribution in [1.29, 1.82) is 0 Å². The van der Waals surface area contributed by atoms with E-state index in [2.05, 4.69) is 27.1 Å². The van der Waals surface area contributed by atoms with Crippen molar-refractivity contribution in [3.05, 3.63) is 0 Å². The second kappa shape index (κ2) is 8.15. The first-order valence-corrected chi connectivity index (χ1v) is 9.96. The van der Waals surface area contributed by atoms with Crippen molar-refractivity contribution >= 4 is 5.91 Å². The average Bonchev–Trinajstić information content (AvgIpc) is 3.11. The Hall–Kier alpha value is -0.650. The molecule has 3 rings (SSSR count). The molecule has 0 aromatic carbocycles. The summed E-state index contributed by atoms with van der Waals surface area (Å²) in [6.45, 7) is 13.8. The van der Waals surface area contributed by atoms with Crippen molar-refractivity contribution in [1.82, 2.24) is 20.0 Å². The highest BCUT2D eigenvalue weighted by Crippen LogP contribution is 2.38. The number of hydrogen-bond acceptors (Lipinski definition) is 4. The molecule has 0 aromatic rings. The van der Waals surface area contributed by atoms with Gasteiger partial charge in [0.2, 0.25) is 5.91 Å². The van der Waals surface area contributed by atoms with Crippen LogP contribution in [0.25, 0.3) is 0 Å². The van der Waals surface area contributed by atoms with Crippen molar-refractivity contribution in [3.8, 4) is 0 Å². The lowest BCUT2D eigenvalue weighted by atomic mass is 9.97. The molecule has 0 spiro atoms. The molecule has 1 aliphatic carbocycles. The van der Waals surface area contributed by atoms with Gasteiger partial charge < -0.3 is 20.0 Å². The maximum atomic E-state index is 12.0. The van der Waals surface area contributed by atoms with E-state index in [1.54, 1.807) is 0 Å². The van der Waals surface area contributed by atoms with Gasteiger partial charge >= 0.3 is 0 Å². The molecule has 24 heavy (non-hydrogen) atoms. The summed E-state index contributed by atoms with van der Waals surface area (Å²) in [6, 6.07) is 0.424. The fourth-order valence-electron chi connectivity index (χ4n) is 4.66. The van der Waals surface area contributed by atoms with Gasteiger partial charge in [0.05, 0.1) is 0 Å². The average molecular weight is 337 g/mol. The highest BCUT2D eigenvalue weighted by Gasteiger charge is 2.42. The molecule has 0 bridgehead atoms. The Bertz CT molecular complexity index is 420. The summed E-state index contributed by atoms with van der Waals surface area (Å²) >= 11 is 0. The minimum absolute atomic E-state index is 0.102. The number of hydrogen-bond donors (Lipinski definition) is 1. The summed E-state index contributed by atoms with van der Waals surface area (Å²) < 4.78 is 0. The van der Waals surface area contributed by atoms with Crippen LogP contribution in [0.1, 0.15) is 33.1 Å². The fraction of sp³-hybridized carbons (Fsp3) is 0.947. The van der Waals surface area contributed by atoms with Crippen molar-refractivity contribution in [2.75, 3.05) is 59.4 Å². The quantitative estimate of drug-likeness (QED) is 0.789. The lowest BCUT2D eigenvalue weighted by Crippen LogP contribution is -2.45. The second-order valence-electron chi connectivity index (χ2n) is 8.53.